The van der Waals surface area contributed by atoms with E-state index in [0.717, 1.165) is 16.8 Å². The van der Waals surface area contributed by atoms with Crippen LogP contribution in [-0.2, 0) is 9.59 Å². The van der Waals surface area contributed by atoms with E-state index in [4.69, 9.17) is 0 Å². The number of hydrogen-bond acceptors (Lipinski definition) is 3. The van der Waals surface area contributed by atoms with Crippen LogP contribution in [0.1, 0.15) is 37.0 Å². The van der Waals surface area contributed by atoms with Crippen molar-refractivity contribution in [3.05, 3.63) is 28.8 Å². The van der Waals surface area contributed by atoms with Crippen molar-refractivity contribution in [3.8, 4) is 0 Å². The van der Waals surface area contributed by atoms with E-state index in [9.17, 15) is 9.59 Å². The number of amides is 1. The molecule has 1 amide bonds. The summed E-state index contributed by atoms with van der Waals surface area (Å²) in [6.07, 6.45) is 0.539. The minimum absolute atomic E-state index is 0.0107. The summed E-state index contributed by atoms with van der Waals surface area (Å²) in [5.41, 5.74) is 4.27. The van der Waals surface area contributed by atoms with Gasteiger partial charge in [0.1, 0.15) is 5.78 Å². The highest BCUT2D eigenvalue weighted by Crippen LogP contribution is 2.23. The van der Waals surface area contributed by atoms with E-state index in [0.29, 0.717) is 25.3 Å². The number of Topliss-reactive ketones (excluding diaryl/α,β-unsaturated/α-hetero) is 1. The van der Waals surface area contributed by atoms with Crippen LogP contribution < -0.4 is 5.32 Å². The molecule has 0 radical (unpaired) electrons. The van der Waals surface area contributed by atoms with Crippen LogP contribution in [0, 0.1) is 26.7 Å². The molecule has 0 bridgehead atoms. The molecule has 1 aromatic rings. The fraction of sp³-hybridized carbons (Fsp3) is 0.556. The summed E-state index contributed by atoms with van der Waals surface area (Å²) in [5, 5.41) is 3.03. The van der Waals surface area contributed by atoms with E-state index >= 15 is 0 Å². The van der Waals surface area contributed by atoms with Gasteiger partial charge in [-0.1, -0.05) is 24.6 Å². The molecular formula is C18H26N2O2. The van der Waals surface area contributed by atoms with Crippen LogP contribution in [0.3, 0.4) is 0 Å². The number of rotatable bonds is 3. The zero-order chi connectivity index (χ0) is 16.4. The first-order valence-electron chi connectivity index (χ1n) is 7.92. The number of nitrogens with zero attached hydrogens (tertiary/aromatic N) is 1. The van der Waals surface area contributed by atoms with E-state index < -0.39 is 0 Å². The SMILES string of the molecule is Cc1cc(C)c(NC(=O)CN2C[C@H](C)C(=O)C[C@@H]2C)c(C)c1. The number of piperidine rings is 1. The number of anilines is 1. The lowest BCUT2D eigenvalue weighted by atomic mass is 9.93. The van der Waals surface area contributed by atoms with Crippen LogP contribution in [0.5, 0.6) is 0 Å². The standard InChI is InChI=1S/C18H26N2O2/c1-11-6-12(2)18(13(3)7-11)19-17(22)10-20-9-14(4)16(21)8-15(20)5/h6-7,14-15H,8-10H2,1-5H3,(H,19,22)/t14-,15-/m0/s1. The Morgan fingerprint density at radius 2 is 1.82 bits per heavy atom. The molecule has 0 aromatic heterocycles. The lowest BCUT2D eigenvalue weighted by Gasteiger charge is -2.35. The quantitative estimate of drug-likeness (QED) is 0.934. The molecule has 1 heterocycles. The summed E-state index contributed by atoms with van der Waals surface area (Å²) >= 11 is 0. The Morgan fingerprint density at radius 3 is 2.41 bits per heavy atom. The second-order valence-corrected chi connectivity index (χ2v) is 6.67. The fourth-order valence-corrected chi connectivity index (χ4v) is 3.22. The molecule has 2 rings (SSSR count). The van der Waals surface area contributed by atoms with E-state index in [2.05, 4.69) is 29.3 Å². The maximum atomic E-state index is 12.4. The molecule has 2 atom stereocenters. The largest absolute Gasteiger partial charge is 0.324 e. The number of ketones is 1. The minimum Gasteiger partial charge on any atom is -0.324 e. The van der Waals surface area contributed by atoms with Gasteiger partial charge in [-0.05, 0) is 38.8 Å². The van der Waals surface area contributed by atoms with Gasteiger partial charge in [0.25, 0.3) is 0 Å². The first-order chi connectivity index (χ1) is 10.3. The normalized spacial score (nSPS) is 22.7. The molecule has 1 aromatic carbocycles. The summed E-state index contributed by atoms with van der Waals surface area (Å²) in [6, 6.07) is 4.29. The number of aryl methyl sites for hydroxylation is 3. The molecule has 1 N–H and O–H groups in total. The molecule has 0 aliphatic carbocycles. The Labute approximate surface area is 132 Å². The Hall–Kier alpha value is -1.68. The van der Waals surface area contributed by atoms with Crippen molar-refractivity contribution in [2.45, 2.75) is 47.1 Å². The van der Waals surface area contributed by atoms with E-state index in [1.165, 1.54) is 5.56 Å². The number of hydrogen-bond donors (Lipinski definition) is 1. The Kier molecular flexibility index (Phi) is 5.01. The Balaban J connectivity index is 2.03. The highest BCUT2D eigenvalue weighted by molar-refractivity contribution is 5.94. The van der Waals surface area contributed by atoms with Crippen LogP contribution in [0.15, 0.2) is 12.1 Å². The van der Waals surface area contributed by atoms with Gasteiger partial charge < -0.3 is 5.32 Å². The number of nitrogens with one attached hydrogen (secondary N) is 1. The van der Waals surface area contributed by atoms with Crippen LogP contribution in [0.4, 0.5) is 5.69 Å². The van der Waals surface area contributed by atoms with Crippen molar-refractivity contribution < 1.29 is 9.59 Å². The zero-order valence-electron chi connectivity index (χ0n) is 14.2. The van der Waals surface area contributed by atoms with Crippen LogP contribution in [0.25, 0.3) is 0 Å². The van der Waals surface area contributed by atoms with E-state index in [1.54, 1.807) is 0 Å². The van der Waals surface area contributed by atoms with Gasteiger partial charge in [0.15, 0.2) is 0 Å². The second-order valence-electron chi connectivity index (χ2n) is 6.67. The van der Waals surface area contributed by atoms with Crippen molar-refractivity contribution in [1.29, 1.82) is 0 Å². The maximum Gasteiger partial charge on any atom is 0.238 e. The number of carbonyl (C=O) groups excluding carboxylic acids is 2. The molecule has 22 heavy (non-hydrogen) atoms. The predicted molar refractivity (Wildman–Crippen MR) is 89.1 cm³/mol. The molecule has 0 unspecified atom stereocenters. The third-order valence-corrected chi connectivity index (χ3v) is 4.47. The van der Waals surface area contributed by atoms with Gasteiger partial charge in [0.05, 0.1) is 6.54 Å². The van der Waals surface area contributed by atoms with Crippen molar-refractivity contribution in [2.24, 2.45) is 5.92 Å². The Morgan fingerprint density at radius 1 is 1.23 bits per heavy atom. The first-order valence-corrected chi connectivity index (χ1v) is 7.92. The topological polar surface area (TPSA) is 49.4 Å². The van der Waals surface area contributed by atoms with Crippen LogP contribution >= 0.6 is 0 Å². The van der Waals surface area contributed by atoms with Crippen molar-refractivity contribution in [3.63, 3.8) is 0 Å². The first kappa shape index (κ1) is 16.7. The van der Waals surface area contributed by atoms with Crippen LogP contribution in [-0.4, -0.2) is 35.7 Å². The molecule has 1 fully saturated rings. The van der Waals surface area contributed by atoms with E-state index in [1.807, 2.05) is 27.7 Å². The van der Waals surface area contributed by atoms with Crippen LogP contribution in [0.2, 0.25) is 0 Å². The van der Waals surface area contributed by atoms with Crippen molar-refractivity contribution in [2.75, 3.05) is 18.4 Å². The van der Waals surface area contributed by atoms with Gasteiger partial charge in [0.2, 0.25) is 5.91 Å². The van der Waals surface area contributed by atoms with Crippen molar-refractivity contribution >= 4 is 17.4 Å². The molecule has 0 spiro atoms. The van der Waals surface area contributed by atoms with Crippen molar-refractivity contribution in [1.82, 2.24) is 4.90 Å². The monoisotopic (exact) mass is 302 g/mol. The van der Waals surface area contributed by atoms with Gasteiger partial charge in [-0.3, -0.25) is 14.5 Å². The molecule has 4 nitrogen and oxygen atoms in total. The van der Waals surface area contributed by atoms with Gasteiger partial charge in [-0.25, -0.2) is 0 Å². The summed E-state index contributed by atoms with van der Waals surface area (Å²) in [6.45, 7) is 11.0. The maximum absolute atomic E-state index is 12.4. The zero-order valence-corrected chi connectivity index (χ0v) is 14.2. The lowest BCUT2D eigenvalue weighted by molar-refractivity contribution is -0.129. The molecule has 1 aliphatic heterocycles. The minimum atomic E-state index is -0.0107. The number of benzene rings is 1. The van der Waals surface area contributed by atoms with Gasteiger partial charge in [-0.2, -0.15) is 0 Å². The third kappa shape index (κ3) is 3.74. The number of carbonyl (C=O) groups is 2. The summed E-state index contributed by atoms with van der Waals surface area (Å²) in [5.74, 6) is 0.310. The van der Waals surface area contributed by atoms with E-state index in [-0.39, 0.29) is 17.9 Å². The summed E-state index contributed by atoms with van der Waals surface area (Å²) in [4.78, 5) is 26.2. The highest BCUT2D eigenvalue weighted by Gasteiger charge is 2.30. The average Bonchev–Trinajstić information content (AvgIpc) is 2.40. The van der Waals surface area contributed by atoms with Gasteiger partial charge >= 0.3 is 0 Å². The molecule has 0 saturated carbocycles. The summed E-state index contributed by atoms with van der Waals surface area (Å²) in [7, 11) is 0. The highest BCUT2D eigenvalue weighted by atomic mass is 16.2. The smallest absolute Gasteiger partial charge is 0.238 e. The second kappa shape index (κ2) is 6.61. The molecule has 1 saturated heterocycles. The molecular weight excluding hydrogens is 276 g/mol. The predicted octanol–water partition coefficient (Wildman–Crippen LogP) is 2.85. The van der Waals surface area contributed by atoms with Gasteiger partial charge in [-0.15, -0.1) is 0 Å². The van der Waals surface area contributed by atoms with Gasteiger partial charge in [0, 0.05) is 30.6 Å². The molecule has 1 aliphatic rings. The number of likely N-dealkylation sites (tertiary alicyclic amines) is 1. The lowest BCUT2D eigenvalue weighted by Crippen LogP contribution is -2.48. The summed E-state index contributed by atoms with van der Waals surface area (Å²) < 4.78 is 0. The average molecular weight is 302 g/mol. The Bertz CT molecular complexity index is 572. The third-order valence-electron chi connectivity index (χ3n) is 4.47. The molecule has 120 valence electrons. The fourth-order valence-electron chi connectivity index (χ4n) is 3.22. The molecule has 4 heteroatoms.